The maximum Gasteiger partial charge on any atom is 0.119 e. The van der Waals surface area contributed by atoms with Crippen molar-refractivity contribution in [2.24, 2.45) is 0 Å². The van der Waals surface area contributed by atoms with Crippen LogP contribution in [0.3, 0.4) is 0 Å². The average Bonchev–Trinajstić information content (AvgIpc) is 3.08. The Hall–Kier alpha value is -2.17. The molecule has 23 heavy (non-hydrogen) atoms. The molecule has 0 saturated heterocycles. The molecule has 3 nitrogen and oxygen atoms in total. The molecule has 1 heterocycles. The van der Waals surface area contributed by atoms with E-state index in [0.29, 0.717) is 6.61 Å². The third kappa shape index (κ3) is 4.41. The number of likely N-dealkylation sites (N-methyl/N-ethyl adjacent to an activating group) is 1. The number of hydrogen-bond donors (Lipinski definition) is 1. The minimum atomic E-state index is 0.588. The SMILES string of the molecule is CNCCc1nc(-c2ccc(OCc3ccccc3)cc2)cs1. The Bertz CT molecular complexity index is 723. The molecule has 0 radical (unpaired) electrons. The highest BCUT2D eigenvalue weighted by atomic mass is 32.1. The lowest BCUT2D eigenvalue weighted by Gasteiger charge is -2.06. The number of hydrogen-bond acceptors (Lipinski definition) is 4. The fourth-order valence-corrected chi connectivity index (χ4v) is 3.06. The Balaban J connectivity index is 1.61. The summed E-state index contributed by atoms with van der Waals surface area (Å²) in [5.74, 6) is 0.878. The van der Waals surface area contributed by atoms with Gasteiger partial charge in [0.15, 0.2) is 0 Å². The van der Waals surface area contributed by atoms with Gasteiger partial charge in [-0.1, -0.05) is 30.3 Å². The predicted molar refractivity (Wildman–Crippen MR) is 96.0 cm³/mol. The molecule has 0 spiro atoms. The molecule has 0 fully saturated rings. The maximum absolute atomic E-state index is 5.82. The second-order valence-corrected chi connectivity index (χ2v) is 6.22. The molecule has 1 N–H and O–H groups in total. The molecule has 0 bridgehead atoms. The number of aromatic nitrogens is 1. The van der Waals surface area contributed by atoms with Crippen molar-refractivity contribution in [1.29, 1.82) is 0 Å². The Morgan fingerprint density at radius 2 is 1.83 bits per heavy atom. The minimum Gasteiger partial charge on any atom is -0.489 e. The van der Waals surface area contributed by atoms with Gasteiger partial charge in [-0.2, -0.15) is 0 Å². The smallest absolute Gasteiger partial charge is 0.119 e. The predicted octanol–water partition coefficient (Wildman–Crippen LogP) is 4.15. The topological polar surface area (TPSA) is 34.2 Å². The van der Waals surface area contributed by atoms with Gasteiger partial charge in [0.25, 0.3) is 0 Å². The Morgan fingerprint density at radius 1 is 1.04 bits per heavy atom. The van der Waals surface area contributed by atoms with E-state index in [1.807, 2.05) is 37.4 Å². The Labute approximate surface area is 141 Å². The standard InChI is InChI=1S/C19H20N2OS/c1-20-12-11-19-21-18(14-23-19)16-7-9-17(10-8-16)22-13-15-5-3-2-4-6-15/h2-10,14,20H,11-13H2,1H3. The molecular weight excluding hydrogens is 304 g/mol. The number of ether oxygens (including phenoxy) is 1. The van der Waals surface area contributed by atoms with Gasteiger partial charge >= 0.3 is 0 Å². The number of nitrogens with zero attached hydrogens (tertiary/aromatic N) is 1. The van der Waals surface area contributed by atoms with E-state index in [4.69, 9.17) is 4.74 Å². The van der Waals surface area contributed by atoms with Gasteiger partial charge in [-0.25, -0.2) is 4.98 Å². The molecule has 3 rings (SSSR count). The van der Waals surface area contributed by atoms with Crippen LogP contribution in [0.15, 0.2) is 60.0 Å². The summed E-state index contributed by atoms with van der Waals surface area (Å²) in [6, 6.07) is 18.3. The molecule has 4 heteroatoms. The van der Waals surface area contributed by atoms with E-state index >= 15 is 0 Å². The second kappa shape index (κ2) is 7.90. The van der Waals surface area contributed by atoms with E-state index < -0.39 is 0 Å². The van der Waals surface area contributed by atoms with Crippen molar-refractivity contribution >= 4 is 11.3 Å². The highest BCUT2D eigenvalue weighted by molar-refractivity contribution is 7.09. The van der Waals surface area contributed by atoms with Gasteiger partial charge in [0.1, 0.15) is 12.4 Å². The van der Waals surface area contributed by atoms with Crippen LogP contribution in [0.2, 0.25) is 0 Å². The van der Waals surface area contributed by atoms with Crippen LogP contribution in [0.4, 0.5) is 0 Å². The van der Waals surface area contributed by atoms with E-state index in [2.05, 4.69) is 39.9 Å². The molecular formula is C19H20N2OS. The van der Waals surface area contributed by atoms with Gasteiger partial charge in [0, 0.05) is 23.9 Å². The van der Waals surface area contributed by atoms with Gasteiger partial charge in [-0.3, -0.25) is 0 Å². The quantitative estimate of drug-likeness (QED) is 0.709. The van der Waals surface area contributed by atoms with Crippen molar-refractivity contribution in [3.63, 3.8) is 0 Å². The summed E-state index contributed by atoms with van der Waals surface area (Å²) in [6.07, 6.45) is 0.972. The number of thiazole rings is 1. The van der Waals surface area contributed by atoms with E-state index in [0.717, 1.165) is 30.0 Å². The Morgan fingerprint density at radius 3 is 2.57 bits per heavy atom. The number of rotatable bonds is 7. The van der Waals surface area contributed by atoms with Crippen molar-refractivity contribution in [2.45, 2.75) is 13.0 Å². The second-order valence-electron chi connectivity index (χ2n) is 5.28. The van der Waals surface area contributed by atoms with E-state index in [9.17, 15) is 0 Å². The number of nitrogens with one attached hydrogen (secondary N) is 1. The van der Waals surface area contributed by atoms with E-state index in [1.165, 1.54) is 10.6 Å². The van der Waals surface area contributed by atoms with E-state index in [-0.39, 0.29) is 0 Å². The lowest BCUT2D eigenvalue weighted by atomic mass is 10.2. The van der Waals surface area contributed by atoms with E-state index in [1.54, 1.807) is 11.3 Å². The fourth-order valence-electron chi connectivity index (χ4n) is 2.25. The first-order valence-electron chi connectivity index (χ1n) is 7.71. The molecule has 1 aromatic heterocycles. The zero-order chi connectivity index (χ0) is 15.9. The summed E-state index contributed by atoms with van der Waals surface area (Å²) in [5.41, 5.74) is 3.34. The van der Waals surface area contributed by atoms with Crippen LogP contribution < -0.4 is 10.1 Å². The highest BCUT2D eigenvalue weighted by Crippen LogP contribution is 2.24. The van der Waals surface area contributed by atoms with Crippen molar-refractivity contribution in [3.05, 3.63) is 70.5 Å². The van der Waals surface area contributed by atoms with Gasteiger partial charge in [-0.15, -0.1) is 11.3 Å². The molecule has 2 aromatic carbocycles. The average molecular weight is 324 g/mol. The van der Waals surface area contributed by atoms with Gasteiger partial charge in [-0.05, 0) is 36.9 Å². The summed E-state index contributed by atoms with van der Waals surface area (Å²) in [6.45, 7) is 1.55. The van der Waals surface area contributed by atoms with Gasteiger partial charge < -0.3 is 10.1 Å². The first-order valence-corrected chi connectivity index (χ1v) is 8.59. The molecule has 0 aliphatic heterocycles. The van der Waals surface area contributed by atoms with Crippen LogP contribution in [0.1, 0.15) is 10.6 Å². The first kappa shape index (κ1) is 15.7. The van der Waals surface area contributed by atoms with Gasteiger partial charge in [0.2, 0.25) is 0 Å². The third-order valence-corrected chi connectivity index (χ3v) is 4.45. The van der Waals surface area contributed by atoms with Crippen LogP contribution in [0.25, 0.3) is 11.3 Å². The summed E-state index contributed by atoms with van der Waals surface area (Å²) in [7, 11) is 1.96. The van der Waals surface area contributed by atoms with Crippen LogP contribution in [0.5, 0.6) is 5.75 Å². The molecule has 0 amide bonds. The largest absolute Gasteiger partial charge is 0.489 e. The maximum atomic E-state index is 5.82. The van der Waals surface area contributed by atoms with Gasteiger partial charge in [0.05, 0.1) is 10.7 Å². The van der Waals surface area contributed by atoms with Crippen molar-refractivity contribution in [3.8, 4) is 17.0 Å². The molecule has 118 valence electrons. The lowest BCUT2D eigenvalue weighted by molar-refractivity contribution is 0.306. The summed E-state index contributed by atoms with van der Waals surface area (Å²) in [4.78, 5) is 4.68. The molecule has 0 aliphatic carbocycles. The molecule has 0 saturated carbocycles. The van der Waals surface area contributed by atoms with Crippen molar-refractivity contribution < 1.29 is 4.74 Å². The highest BCUT2D eigenvalue weighted by Gasteiger charge is 2.05. The van der Waals surface area contributed by atoms with Crippen molar-refractivity contribution in [1.82, 2.24) is 10.3 Å². The summed E-state index contributed by atoms with van der Waals surface area (Å²) < 4.78 is 5.82. The number of benzene rings is 2. The molecule has 0 atom stereocenters. The first-order chi connectivity index (χ1) is 11.3. The Kier molecular flexibility index (Phi) is 5.40. The monoisotopic (exact) mass is 324 g/mol. The van der Waals surface area contributed by atoms with Crippen LogP contribution >= 0.6 is 11.3 Å². The minimum absolute atomic E-state index is 0.588. The van der Waals surface area contributed by atoms with Crippen LogP contribution in [-0.4, -0.2) is 18.6 Å². The molecule has 0 unspecified atom stereocenters. The third-order valence-electron chi connectivity index (χ3n) is 3.54. The normalized spacial score (nSPS) is 10.7. The zero-order valence-corrected chi connectivity index (χ0v) is 14.0. The molecule has 3 aromatic rings. The molecule has 0 aliphatic rings. The van der Waals surface area contributed by atoms with Crippen LogP contribution in [-0.2, 0) is 13.0 Å². The fraction of sp³-hybridized carbons (Fsp3) is 0.211. The van der Waals surface area contributed by atoms with Crippen LogP contribution in [0, 0.1) is 0 Å². The zero-order valence-electron chi connectivity index (χ0n) is 13.2. The lowest BCUT2D eigenvalue weighted by Crippen LogP contribution is -2.09. The summed E-state index contributed by atoms with van der Waals surface area (Å²) >= 11 is 1.71. The van der Waals surface area contributed by atoms with Crippen molar-refractivity contribution in [2.75, 3.05) is 13.6 Å². The summed E-state index contributed by atoms with van der Waals surface area (Å²) in [5, 5.41) is 6.43.